The van der Waals surface area contributed by atoms with Gasteiger partial charge in [-0.05, 0) is 54.3 Å². The highest BCUT2D eigenvalue weighted by molar-refractivity contribution is 7.90. The largest absolute Gasteiger partial charge is 0.483 e. The molecule has 1 aliphatic rings. The summed E-state index contributed by atoms with van der Waals surface area (Å²) in [4.78, 5) is 27.3. The number of rotatable bonds is 3. The van der Waals surface area contributed by atoms with Gasteiger partial charge in [0.05, 0.1) is 15.9 Å². The number of H-pyrrole nitrogens is 1. The highest BCUT2D eigenvalue weighted by Gasteiger charge is 2.23. The van der Waals surface area contributed by atoms with Gasteiger partial charge in [0.1, 0.15) is 0 Å². The Morgan fingerprint density at radius 1 is 1.16 bits per heavy atom. The lowest BCUT2D eigenvalue weighted by Gasteiger charge is -2.12. The van der Waals surface area contributed by atoms with Crippen LogP contribution in [0.3, 0.4) is 0 Å². The van der Waals surface area contributed by atoms with Crippen LogP contribution in [-0.4, -0.2) is 47.0 Å². The number of pyridine rings is 2. The van der Waals surface area contributed by atoms with Crippen LogP contribution in [0.4, 0.5) is 0 Å². The fourth-order valence-electron chi connectivity index (χ4n) is 3.73. The van der Waals surface area contributed by atoms with Crippen molar-refractivity contribution < 1.29 is 18.3 Å². The molecule has 0 aliphatic carbocycles. The first kappa shape index (κ1) is 21.5. The third-order valence-electron chi connectivity index (χ3n) is 5.19. The summed E-state index contributed by atoms with van der Waals surface area (Å²) in [7, 11) is -3.88. The monoisotopic (exact) mass is 452 g/mol. The minimum absolute atomic E-state index is 0.110. The number of nitrogens with one attached hydrogen (secondary N) is 2. The van der Waals surface area contributed by atoms with Crippen molar-refractivity contribution in [1.29, 1.82) is 0 Å². The lowest BCUT2D eigenvalue weighted by Crippen LogP contribution is -2.20. The number of aromatic nitrogens is 3. The van der Waals surface area contributed by atoms with Crippen LogP contribution in [0.25, 0.3) is 27.5 Å². The molecule has 0 saturated carbocycles. The first-order valence-electron chi connectivity index (χ1n) is 9.78. The molecule has 9 nitrogen and oxygen atoms in total. The van der Waals surface area contributed by atoms with E-state index >= 15 is 0 Å². The Balaban J connectivity index is 0.000000775. The van der Waals surface area contributed by atoms with Crippen LogP contribution in [0.5, 0.6) is 0 Å². The van der Waals surface area contributed by atoms with Gasteiger partial charge in [-0.25, -0.2) is 12.4 Å². The van der Waals surface area contributed by atoms with E-state index in [0.717, 1.165) is 36.0 Å². The molecule has 4 heterocycles. The van der Waals surface area contributed by atoms with Crippen LogP contribution in [0.2, 0.25) is 0 Å². The van der Waals surface area contributed by atoms with Crippen molar-refractivity contribution in [3.05, 3.63) is 76.9 Å². The number of aromatic amines is 1. The van der Waals surface area contributed by atoms with Crippen molar-refractivity contribution in [2.45, 2.75) is 11.3 Å². The molecule has 1 aromatic carbocycles. The Bertz CT molecular complexity index is 1500. The fourth-order valence-corrected chi connectivity index (χ4v) is 5.12. The van der Waals surface area contributed by atoms with Crippen molar-refractivity contribution in [2.75, 3.05) is 13.1 Å². The molecule has 5 rings (SSSR count). The average molecular weight is 452 g/mol. The normalized spacial score (nSPS) is 13.9. The van der Waals surface area contributed by atoms with E-state index in [2.05, 4.69) is 21.4 Å². The highest BCUT2D eigenvalue weighted by Crippen LogP contribution is 2.31. The second-order valence-electron chi connectivity index (χ2n) is 7.08. The maximum Gasteiger partial charge on any atom is 0.290 e. The van der Waals surface area contributed by atoms with E-state index in [1.807, 2.05) is 0 Å². The van der Waals surface area contributed by atoms with Gasteiger partial charge in [0, 0.05) is 36.1 Å². The summed E-state index contributed by atoms with van der Waals surface area (Å²) < 4.78 is 28.3. The molecule has 0 fully saturated rings. The van der Waals surface area contributed by atoms with E-state index in [4.69, 9.17) is 9.90 Å². The zero-order chi connectivity index (χ0) is 22.7. The van der Waals surface area contributed by atoms with Crippen molar-refractivity contribution in [2.24, 2.45) is 0 Å². The van der Waals surface area contributed by atoms with E-state index in [1.54, 1.807) is 42.7 Å². The summed E-state index contributed by atoms with van der Waals surface area (Å²) in [6.45, 7) is 1.34. The van der Waals surface area contributed by atoms with Gasteiger partial charge in [-0.3, -0.25) is 14.6 Å². The maximum absolute atomic E-state index is 13.5. The second-order valence-corrected chi connectivity index (χ2v) is 8.89. The van der Waals surface area contributed by atoms with Gasteiger partial charge in [-0.1, -0.05) is 12.1 Å². The number of carbonyl (C=O) groups is 1. The van der Waals surface area contributed by atoms with Crippen LogP contribution in [-0.2, 0) is 14.8 Å². The van der Waals surface area contributed by atoms with E-state index in [9.17, 15) is 13.2 Å². The number of fused-ring (bicyclic) bond motifs is 2. The number of nitrogens with zero attached hydrogens (tertiary/aromatic N) is 2. The predicted octanol–water partition coefficient (Wildman–Crippen LogP) is 2.19. The summed E-state index contributed by atoms with van der Waals surface area (Å²) in [5.41, 5.74) is 3.32. The lowest BCUT2D eigenvalue weighted by molar-refractivity contribution is -0.122. The Labute approximate surface area is 183 Å². The fraction of sp³-hybridized carbons (Fsp3) is 0.136. The Hall–Kier alpha value is -3.76. The lowest BCUT2D eigenvalue weighted by atomic mass is 10.0. The first-order valence-corrected chi connectivity index (χ1v) is 11.2. The van der Waals surface area contributed by atoms with E-state index < -0.39 is 10.0 Å². The molecule has 0 saturated heterocycles. The highest BCUT2D eigenvalue weighted by atomic mass is 32.2. The molecule has 3 N–H and O–H groups in total. The molecule has 0 radical (unpaired) electrons. The van der Waals surface area contributed by atoms with E-state index in [1.165, 1.54) is 16.1 Å². The van der Waals surface area contributed by atoms with E-state index in [-0.39, 0.29) is 16.9 Å². The summed E-state index contributed by atoms with van der Waals surface area (Å²) in [6, 6.07) is 11.3. The standard InChI is InChI=1S/C21H18N4O3S.CH2O2/c26-20-6-4-15-3-5-16(12-18(15)24-20)29(27,28)25-13-17(14-7-10-22-11-8-14)21-19(25)2-1-9-23-21;2-1-3/h1-7,9,12-13,22H,8,10-11H2,(H,24,26);1H,(H,2,3). The SMILES string of the molecule is O=CO.O=c1ccc2ccc(S(=O)(=O)n3cc(C4=CCNCC4)c4ncccc43)cc2[nH]1. The average Bonchev–Trinajstić information content (AvgIpc) is 3.20. The summed E-state index contributed by atoms with van der Waals surface area (Å²) in [5, 5.41) is 10.9. The smallest absolute Gasteiger partial charge is 0.290 e. The van der Waals surface area contributed by atoms with E-state index in [0.29, 0.717) is 16.6 Å². The molecule has 0 bridgehead atoms. The summed E-state index contributed by atoms with van der Waals surface area (Å²) in [6.07, 6.45) is 6.21. The number of hydrogen-bond acceptors (Lipinski definition) is 6. The molecule has 3 aromatic heterocycles. The van der Waals surface area contributed by atoms with Gasteiger partial charge >= 0.3 is 0 Å². The van der Waals surface area contributed by atoms with Crippen molar-refractivity contribution >= 4 is 44.0 Å². The Morgan fingerprint density at radius 2 is 1.94 bits per heavy atom. The second kappa shape index (κ2) is 8.77. The summed E-state index contributed by atoms with van der Waals surface area (Å²) in [5.74, 6) is 0. The van der Waals surface area contributed by atoms with Crippen molar-refractivity contribution in [3.8, 4) is 0 Å². The van der Waals surface area contributed by atoms with Crippen LogP contribution < -0.4 is 10.9 Å². The van der Waals surface area contributed by atoms with Gasteiger partial charge in [0.15, 0.2) is 0 Å². The van der Waals surface area contributed by atoms with Gasteiger partial charge in [-0.2, -0.15) is 0 Å². The van der Waals surface area contributed by atoms with Crippen LogP contribution in [0, 0.1) is 0 Å². The minimum atomic E-state index is -3.88. The molecule has 32 heavy (non-hydrogen) atoms. The van der Waals surface area contributed by atoms with Crippen LogP contribution in [0.1, 0.15) is 12.0 Å². The van der Waals surface area contributed by atoms with Gasteiger partial charge in [0.2, 0.25) is 5.56 Å². The molecule has 0 amide bonds. The third kappa shape index (κ3) is 3.93. The topological polar surface area (TPSA) is 134 Å². The molecule has 0 spiro atoms. The molecule has 10 heteroatoms. The third-order valence-corrected chi connectivity index (χ3v) is 6.86. The quantitative estimate of drug-likeness (QED) is 0.406. The van der Waals surface area contributed by atoms with Crippen LogP contribution in [0.15, 0.2) is 70.6 Å². The molecular weight excluding hydrogens is 432 g/mol. The minimum Gasteiger partial charge on any atom is -0.483 e. The zero-order valence-electron chi connectivity index (χ0n) is 16.9. The Morgan fingerprint density at radius 3 is 2.69 bits per heavy atom. The van der Waals surface area contributed by atoms with Gasteiger partial charge in [-0.15, -0.1) is 0 Å². The van der Waals surface area contributed by atoms with Gasteiger partial charge < -0.3 is 15.4 Å². The summed E-state index contributed by atoms with van der Waals surface area (Å²) >= 11 is 0. The molecular formula is C22H20N4O5S. The van der Waals surface area contributed by atoms with Crippen molar-refractivity contribution in [1.82, 2.24) is 19.3 Å². The number of carboxylic acid groups (broad SMARTS) is 1. The zero-order valence-corrected chi connectivity index (χ0v) is 17.7. The first-order chi connectivity index (χ1) is 15.5. The van der Waals surface area contributed by atoms with Crippen molar-refractivity contribution in [3.63, 3.8) is 0 Å². The molecule has 1 aliphatic heterocycles. The van der Waals surface area contributed by atoms with Gasteiger partial charge in [0.25, 0.3) is 16.5 Å². The maximum atomic E-state index is 13.5. The number of benzene rings is 1. The molecule has 4 aromatic rings. The van der Waals surface area contributed by atoms with Crippen LogP contribution >= 0.6 is 0 Å². The molecule has 0 atom stereocenters. The predicted molar refractivity (Wildman–Crippen MR) is 121 cm³/mol. The Kier molecular flexibility index (Phi) is 5.89. The number of hydrogen-bond donors (Lipinski definition) is 3. The molecule has 164 valence electrons. The molecule has 0 unspecified atom stereocenters.